The van der Waals surface area contributed by atoms with E-state index in [4.69, 9.17) is 4.74 Å². The van der Waals surface area contributed by atoms with Crippen LogP contribution in [0.15, 0.2) is 21.7 Å². The number of piperidine rings is 1. The second-order valence-electron chi connectivity index (χ2n) is 5.60. The van der Waals surface area contributed by atoms with Gasteiger partial charge in [0.05, 0.1) is 6.42 Å². The molecule has 9 heteroatoms. The molecular formula is C15H22N2O5S2. The fourth-order valence-electron chi connectivity index (χ4n) is 2.45. The van der Waals surface area contributed by atoms with Crippen LogP contribution in [0.1, 0.15) is 32.6 Å². The number of sulfonamides is 1. The highest BCUT2D eigenvalue weighted by molar-refractivity contribution is 7.91. The van der Waals surface area contributed by atoms with Crippen LogP contribution in [0.5, 0.6) is 0 Å². The molecule has 0 spiro atoms. The minimum atomic E-state index is -3.59. The van der Waals surface area contributed by atoms with E-state index in [1.54, 1.807) is 23.3 Å². The first-order chi connectivity index (χ1) is 11.4. The summed E-state index contributed by atoms with van der Waals surface area (Å²) in [4.78, 5) is 25.7. The molecule has 1 saturated heterocycles. The van der Waals surface area contributed by atoms with Crippen LogP contribution in [0.4, 0.5) is 0 Å². The van der Waals surface area contributed by atoms with Gasteiger partial charge in [0, 0.05) is 19.6 Å². The van der Waals surface area contributed by atoms with Gasteiger partial charge in [0.15, 0.2) is 6.10 Å². The average molecular weight is 374 g/mol. The van der Waals surface area contributed by atoms with E-state index in [2.05, 4.69) is 4.72 Å². The number of likely N-dealkylation sites (tertiary alicyclic amines) is 1. The molecule has 0 radical (unpaired) electrons. The molecule has 7 nitrogen and oxygen atoms in total. The van der Waals surface area contributed by atoms with Gasteiger partial charge in [-0.2, -0.15) is 0 Å². The third-order valence-electron chi connectivity index (χ3n) is 3.70. The molecule has 0 bridgehead atoms. The Kier molecular flexibility index (Phi) is 6.76. The van der Waals surface area contributed by atoms with E-state index in [0.29, 0.717) is 13.1 Å². The number of ether oxygens (including phenoxy) is 1. The maximum Gasteiger partial charge on any atom is 0.307 e. The molecule has 1 aromatic rings. The summed E-state index contributed by atoms with van der Waals surface area (Å²) in [6.45, 7) is 2.87. The Hall–Kier alpha value is -1.45. The molecule has 0 saturated carbocycles. The first kappa shape index (κ1) is 18.9. The van der Waals surface area contributed by atoms with Gasteiger partial charge in [-0.05, 0) is 37.6 Å². The Balaban J connectivity index is 1.73. The van der Waals surface area contributed by atoms with Crippen LogP contribution in [0.25, 0.3) is 0 Å². The van der Waals surface area contributed by atoms with Crippen LogP contribution in [0.2, 0.25) is 0 Å². The zero-order valence-electron chi connectivity index (χ0n) is 13.6. The summed E-state index contributed by atoms with van der Waals surface area (Å²) in [5, 5.41) is 1.66. The third kappa shape index (κ3) is 5.29. The molecule has 1 aliphatic rings. The lowest BCUT2D eigenvalue weighted by atomic mass is 10.1. The Morgan fingerprint density at radius 2 is 2.04 bits per heavy atom. The van der Waals surface area contributed by atoms with E-state index in [1.807, 2.05) is 0 Å². The molecule has 134 valence electrons. The van der Waals surface area contributed by atoms with Crippen LogP contribution in [-0.4, -0.2) is 50.9 Å². The molecule has 1 fully saturated rings. The number of rotatable bonds is 7. The first-order valence-corrected chi connectivity index (χ1v) is 10.3. The predicted molar refractivity (Wildman–Crippen MR) is 90.1 cm³/mol. The fraction of sp³-hybridized carbons (Fsp3) is 0.600. The van der Waals surface area contributed by atoms with Crippen molar-refractivity contribution in [3.63, 3.8) is 0 Å². The quantitative estimate of drug-likeness (QED) is 0.728. The van der Waals surface area contributed by atoms with Crippen LogP contribution in [-0.2, 0) is 24.3 Å². The van der Waals surface area contributed by atoms with Gasteiger partial charge in [0.25, 0.3) is 5.91 Å². The van der Waals surface area contributed by atoms with E-state index in [1.165, 1.54) is 6.07 Å². The van der Waals surface area contributed by atoms with Gasteiger partial charge in [-0.25, -0.2) is 13.1 Å². The smallest absolute Gasteiger partial charge is 0.307 e. The number of thiophene rings is 1. The molecule has 1 atom stereocenters. The van der Waals surface area contributed by atoms with Gasteiger partial charge in [-0.1, -0.05) is 6.07 Å². The number of hydrogen-bond acceptors (Lipinski definition) is 6. The Morgan fingerprint density at radius 3 is 2.67 bits per heavy atom. The molecule has 24 heavy (non-hydrogen) atoms. The predicted octanol–water partition coefficient (Wildman–Crippen LogP) is 1.36. The molecule has 1 aromatic heterocycles. The largest absolute Gasteiger partial charge is 0.452 e. The molecule has 0 aliphatic carbocycles. The summed E-state index contributed by atoms with van der Waals surface area (Å²) in [6, 6.07) is 3.13. The van der Waals surface area contributed by atoms with Gasteiger partial charge in [0.1, 0.15) is 4.21 Å². The van der Waals surface area contributed by atoms with E-state index >= 15 is 0 Å². The van der Waals surface area contributed by atoms with Crippen molar-refractivity contribution in [3.05, 3.63) is 17.5 Å². The Morgan fingerprint density at radius 1 is 1.33 bits per heavy atom. The number of esters is 1. The van der Waals surface area contributed by atoms with E-state index < -0.39 is 22.1 Å². The molecule has 1 unspecified atom stereocenters. The first-order valence-electron chi connectivity index (χ1n) is 7.91. The summed E-state index contributed by atoms with van der Waals surface area (Å²) >= 11 is 1.10. The topological polar surface area (TPSA) is 92.8 Å². The number of nitrogens with zero attached hydrogens (tertiary/aromatic N) is 1. The van der Waals surface area contributed by atoms with E-state index in [9.17, 15) is 18.0 Å². The summed E-state index contributed by atoms with van der Waals surface area (Å²) in [6.07, 6.45) is 2.09. The standard InChI is InChI=1S/C15H22N2O5S2/c1-12(15(19)17-9-3-2-4-10-17)22-13(18)7-8-16-24(20,21)14-6-5-11-23-14/h5-6,11-12,16H,2-4,7-10H2,1H3. The number of hydrogen-bond donors (Lipinski definition) is 1. The number of carbonyl (C=O) groups excluding carboxylic acids is 2. The lowest BCUT2D eigenvalue weighted by molar-refractivity contribution is -0.159. The SMILES string of the molecule is CC(OC(=O)CCNS(=O)(=O)c1cccs1)C(=O)N1CCCCC1. The minimum Gasteiger partial charge on any atom is -0.452 e. The summed E-state index contributed by atoms with van der Waals surface area (Å²) < 4.78 is 31.4. The highest BCUT2D eigenvalue weighted by Gasteiger charge is 2.25. The van der Waals surface area contributed by atoms with Gasteiger partial charge in [-0.3, -0.25) is 9.59 Å². The normalized spacial score (nSPS) is 16.6. The summed E-state index contributed by atoms with van der Waals surface area (Å²) in [5.41, 5.74) is 0. The van der Waals surface area contributed by atoms with Crippen molar-refractivity contribution in [2.45, 2.75) is 42.9 Å². The molecule has 2 rings (SSSR count). The van der Waals surface area contributed by atoms with Crippen molar-refractivity contribution in [2.75, 3.05) is 19.6 Å². The van der Waals surface area contributed by atoms with Crippen LogP contribution >= 0.6 is 11.3 Å². The highest BCUT2D eigenvalue weighted by atomic mass is 32.2. The number of carbonyl (C=O) groups is 2. The van der Waals surface area contributed by atoms with Gasteiger partial charge in [0.2, 0.25) is 10.0 Å². The second-order valence-corrected chi connectivity index (χ2v) is 8.54. The van der Waals surface area contributed by atoms with Crippen molar-refractivity contribution in [1.29, 1.82) is 0 Å². The summed E-state index contributed by atoms with van der Waals surface area (Å²) in [7, 11) is -3.59. The minimum absolute atomic E-state index is 0.0658. The third-order valence-corrected chi connectivity index (χ3v) is 6.56. The zero-order chi connectivity index (χ0) is 17.6. The van der Waals surface area contributed by atoms with Crippen molar-refractivity contribution < 1.29 is 22.7 Å². The maximum atomic E-state index is 12.2. The molecule has 1 amide bonds. The molecule has 1 N–H and O–H groups in total. The van der Waals surface area contributed by atoms with Crippen molar-refractivity contribution >= 4 is 33.2 Å². The average Bonchev–Trinajstić information content (AvgIpc) is 3.10. The highest BCUT2D eigenvalue weighted by Crippen LogP contribution is 2.15. The Bertz CT molecular complexity index is 651. The molecule has 0 aromatic carbocycles. The van der Waals surface area contributed by atoms with Gasteiger partial charge in [-0.15, -0.1) is 11.3 Å². The molecule has 2 heterocycles. The lowest BCUT2D eigenvalue weighted by Crippen LogP contribution is -2.42. The van der Waals surface area contributed by atoms with Gasteiger partial charge < -0.3 is 9.64 Å². The van der Waals surface area contributed by atoms with Crippen LogP contribution in [0.3, 0.4) is 0 Å². The van der Waals surface area contributed by atoms with Crippen molar-refractivity contribution in [1.82, 2.24) is 9.62 Å². The van der Waals surface area contributed by atoms with Crippen LogP contribution < -0.4 is 4.72 Å². The van der Waals surface area contributed by atoms with Crippen molar-refractivity contribution in [3.8, 4) is 0 Å². The monoisotopic (exact) mass is 374 g/mol. The van der Waals surface area contributed by atoms with E-state index in [-0.39, 0.29) is 23.1 Å². The van der Waals surface area contributed by atoms with Crippen molar-refractivity contribution in [2.24, 2.45) is 0 Å². The number of amides is 1. The van der Waals surface area contributed by atoms with Crippen LogP contribution in [0, 0.1) is 0 Å². The lowest BCUT2D eigenvalue weighted by Gasteiger charge is -2.28. The zero-order valence-corrected chi connectivity index (χ0v) is 15.2. The molecular weight excluding hydrogens is 352 g/mol. The summed E-state index contributed by atoms with van der Waals surface area (Å²) in [5.74, 6) is -0.788. The Labute approximate surface area is 146 Å². The number of nitrogens with one attached hydrogen (secondary N) is 1. The fourth-order valence-corrected chi connectivity index (χ4v) is 4.52. The van der Waals surface area contributed by atoms with E-state index in [0.717, 1.165) is 30.6 Å². The van der Waals surface area contributed by atoms with Gasteiger partial charge >= 0.3 is 5.97 Å². The maximum absolute atomic E-state index is 12.2. The molecule has 1 aliphatic heterocycles. The second kappa shape index (κ2) is 8.59.